The van der Waals surface area contributed by atoms with Gasteiger partial charge in [0.2, 0.25) is 17.7 Å². The van der Waals surface area contributed by atoms with Crippen molar-refractivity contribution in [3.8, 4) is 28.7 Å². The van der Waals surface area contributed by atoms with Crippen molar-refractivity contribution in [3.05, 3.63) is 120 Å². The summed E-state index contributed by atoms with van der Waals surface area (Å²) < 4.78 is 29.0. The molecule has 20 nitrogen and oxygen atoms in total. The molecule has 0 fully saturated rings. The molecule has 3 N–H and O–H groups in total. The highest BCUT2D eigenvalue weighted by molar-refractivity contribution is 6.13. The molecule has 4 unspecified atom stereocenters. The molecule has 0 radical (unpaired) electrons. The van der Waals surface area contributed by atoms with Crippen LogP contribution in [0.3, 0.4) is 0 Å². The minimum atomic E-state index is -0.921. The van der Waals surface area contributed by atoms with E-state index in [0.29, 0.717) is 103 Å². The van der Waals surface area contributed by atoms with Gasteiger partial charge in [0.05, 0.1) is 69.1 Å². The summed E-state index contributed by atoms with van der Waals surface area (Å²) in [5.74, 6) is 0.0126. The Morgan fingerprint density at radius 2 is 1.11 bits per heavy atom. The maximum Gasteiger partial charge on any atom is 0.260 e. The molecule has 0 saturated carbocycles. The van der Waals surface area contributed by atoms with Gasteiger partial charge in [-0.2, -0.15) is 0 Å². The van der Waals surface area contributed by atoms with E-state index in [4.69, 9.17) is 33.7 Å². The van der Waals surface area contributed by atoms with Crippen LogP contribution in [-0.2, 0) is 24.0 Å². The molecule has 82 heavy (non-hydrogen) atoms. The molecule has 5 aliphatic heterocycles. The van der Waals surface area contributed by atoms with E-state index < -0.39 is 23.9 Å². The molecule has 4 aromatic carbocycles. The number of nitrogens with zero attached hydrogens (tertiary/aromatic N) is 5. The molecule has 9 rings (SSSR count). The van der Waals surface area contributed by atoms with Gasteiger partial charge in [-0.1, -0.05) is 44.5 Å². The first-order valence-corrected chi connectivity index (χ1v) is 27.7. The number of imide groups is 1. The summed E-state index contributed by atoms with van der Waals surface area (Å²) in [5.41, 5.74) is 6.12. The lowest BCUT2D eigenvalue weighted by Gasteiger charge is -2.24. The summed E-state index contributed by atoms with van der Waals surface area (Å²) in [6, 6.07) is 19.5. The molecule has 428 valence electrons. The third kappa shape index (κ3) is 13.2. The maximum atomic E-state index is 14.1. The van der Waals surface area contributed by atoms with E-state index in [1.165, 1.54) is 24.2 Å². The number of benzene rings is 4. The normalized spacial score (nSPS) is 17.5. The number of nitrogens with one attached hydrogen (secondary N) is 3. The summed E-state index contributed by atoms with van der Waals surface area (Å²) >= 11 is 0. The van der Waals surface area contributed by atoms with Gasteiger partial charge in [-0.3, -0.25) is 48.4 Å². The highest BCUT2D eigenvalue weighted by atomic mass is 16.5. The van der Waals surface area contributed by atoms with Crippen LogP contribution in [0.15, 0.2) is 107 Å². The van der Waals surface area contributed by atoms with Crippen molar-refractivity contribution in [2.45, 2.75) is 103 Å². The Kier molecular flexibility index (Phi) is 18.3. The maximum absolute atomic E-state index is 14.1. The van der Waals surface area contributed by atoms with Crippen molar-refractivity contribution in [1.82, 2.24) is 25.3 Å². The number of hydrogen-bond acceptors (Lipinski definition) is 14. The Morgan fingerprint density at radius 1 is 0.598 bits per heavy atom. The van der Waals surface area contributed by atoms with Crippen LogP contribution < -0.4 is 39.6 Å². The molecular formula is C62H68N8O12. The second-order valence-corrected chi connectivity index (χ2v) is 20.9. The first-order chi connectivity index (χ1) is 39.6. The van der Waals surface area contributed by atoms with E-state index in [9.17, 15) is 33.6 Å². The zero-order valence-corrected chi connectivity index (χ0v) is 46.9. The molecule has 4 atom stereocenters. The third-order valence-electron chi connectivity index (χ3n) is 14.9. The van der Waals surface area contributed by atoms with Crippen LogP contribution in [0.2, 0.25) is 0 Å². The second kappa shape index (κ2) is 26.0. The minimum absolute atomic E-state index is 0.161. The van der Waals surface area contributed by atoms with Crippen molar-refractivity contribution in [2.75, 3.05) is 46.4 Å². The number of carbonyl (C=O) groups is 7. The van der Waals surface area contributed by atoms with Gasteiger partial charge in [0, 0.05) is 80.6 Å². The molecule has 0 aromatic heterocycles. The molecule has 0 bridgehead atoms. The number of amides is 7. The minimum Gasteiger partial charge on any atom is -0.497 e. The van der Waals surface area contributed by atoms with Gasteiger partial charge in [-0.05, 0) is 104 Å². The average molecular weight is 1120 g/mol. The summed E-state index contributed by atoms with van der Waals surface area (Å²) in [4.78, 5) is 105. The number of anilines is 1. The molecular weight excluding hydrogens is 1050 g/mol. The van der Waals surface area contributed by atoms with Gasteiger partial charge in [-0.15, -0.1) is 0 Å². The molecule has 5 aliphatic rings. The lowest BCUT2D eigenvalue weighted by molar-refractivity contribution is -0.137. The average Bonchev–Trinajstić information content (AvgIpc) is 4.27. The number of aliphatic imine (C=N–C) groups is 2. The number of fused-ring (bicyclic) bond motifs is 4. The summed E-state index contributed by atoms with van der Waals surface area (Å²) in [5, 5.41) is 8.35. The molecule has 4 aromatic rings. The monoisotopic (exact) mass is 1120 g/mol. The second-order valence-electron chi connectivity index (χ2n) is 20.9. The van der Waals surface area contributed by atoms with Crippen molar-refractivity contribution in [1.29, 1.82) is 0 Å². The molecule has 0 aliphatic carbocycles. The zero-order valence-electron chi connectivity index (χ0n) is 46.9. The topological polar surface area (TPSA) is 236 Å². The van der Waals surface area contributed by atoms with Gasteiger partial charge in [0.15, 0.2) is 23.0 Å². The number of hydrogen-bond donors (Lipinski definition) is 3. The van der Waals surface area contributed by atoms with Crippen LogP contribution in [0.25, 0.3) is 11.1 Å². The van der Waals surface area contributed by atoms with E-state index in [1.54, 1.807) is 87.4 Å². The lowest BCUT2D eigenvalue weighted by Crippen LogP contribution is -2.53. The largest absolute Gasteiger partial charge is 0.497 e. The standard InChI is InChI=1S/C62H68N8O12/c1-37(2)58(67-55(71)13-9-7-10-24-68-56(72)22-23-57(68)73)60(75)65-38(3)59(74)66-43-18-14-39(15-19-43)41-27-44-33-63-49-31-53(51(79-5)29-47(49)61(76)69(44)35-41)81-25-11-8-12-26-82-54-32-50-48(30-52(54)80-6)62(77)70-36-42(28-45(70)34-64-50)40-16-20-46(78-4)21-17-40/h14-23,29-38,44-45,58H,7-13,24-28H2,1-6H3,(H,65,75)(H,66,74)(H,67,71). The number of rotatable bonds is 25. The van der Waals surface area contributed by atoms with Crippen LogP contribution in [-0.4, -0.2) is 134 Å². The molecule has 5 heterocycles. The Bertz CT molecular complexity index is 3260. The predicted octanol–water partition coefficient (Wildman–Crippen LogP) is 8.35. The smallest absolute Gasteiger partial charge is 0.260 e. The van der Waals surface area contributed by atoms with Gasteiger partial charge in [0.1, 0.15) is 17.8 Å². The van der Waals surface area contributed by atoms with E-state index in [-0.39, 0.29) is 60.5 Å². The SMILES string of the molecule is COc1ccc(C2=CN3C(=O)c4cc(OC)c(OCCCCCOc5cc6c(cc5OC)C(=O)N5C=C(c7ccc(NC(=O)C(C)NC(=O)C(NC(=O)CCCCCN8C(=O)C=CC8=O)C(C)C)cc7)CC5C=N6)cc4N=CC3C2)cc1. The Balaban J connectivity index is 0.713. The van der Waals surface area contributed by atoms with Gasteiger partial charge < -0.3 is 49.4 Å². The first-order valence-electron chi connectivity index (χ1n) is 27.7. The number of ether oxygens (including phenoxy) is 5. The highest BCUT2D eigenvalue weighted by Crippen LogP contribution is 2.42. The molecule has 20 heteroatoms. The van der Waals surface area contributed by atoms with E-state index >= 15 is 0 Å². The van der Waals surface area contributed by atoms with Crippen LogP contribution in [0.5, 0.6) is 28.7 Å². The van der Waals surface area contributed by atoms with E-state index in [0.717, 1.165) is 40.9 Å². The summed E-state index contributed by atoms with van der Waals surface area (Å²) in [6.45, 7) is 6.24. The third-order valence-corrected chi connectivity index (χ3v) is 14.9. The quantitative estimate of drug-likeness (QED) is 0.0419. The van der Waals surface area contributed by atoms with Crippen molar-refractivity contribution >= 4 is 82.0 Å². The first kappa shape index (κ1) is 57.6. The fraction of sp³-hybridized carbons (Fsp3) is 0.371. The fourth-order valence-corrected chi connectivity index (χ4v) is 10.2. The molecule has 7 amide bonds. The van der Waals surface area contributed by atoms with Crippen molar-refractivity contribution in [2.24, 2.45) is 15.9 Å². The van der Waals surface area contributed by atoms with Gasteiger partial charge in [0.25, 0.3) is 23.6 Å². The van der Waals surface area contributed by atoms with Crippen LogP contribution in [0, 0.1) is 5.92 Å². The van der Waals surface area contributed by atoms with E-state index in [2.05, 4.69) is 16.0 Å². The Morgan fingerprint density at radius 3 is 1.61 bits per heavy atom. The van der Waals surface area contributed by atoms with Gasteiger partial charge >= 0.3 is 0 Å². The Hall–Kier alpha value is -9.07. The number of carbonyl (C=O) groups excluding carboxylic acids is 7. The summed E-state index contributed by atoms with van der Waals surface area (Å²) in [6.07, 6.45) is 15.0. The highest BCUT2D eigenvalue weighted by Gasteiger charge is 2.36. The van der Waals surface area contributed by atoms with Crippen LogP contribution in [0.4, 0.5) is 17.1 Å². The number of unbranched alkanes of at least 4 members (excludes halogenated alkanes) is 4. The van der Waals surface area contributed by atoms with Gasteiger partial charge in [-0.25, -0.2) is 0 Å². The number of methoxy groups -OCH3 is 3. The van der Waals surface area contributed by atoms with Crippen LogP contribution >= 0.6 is 0 Å². The Labute approximate surface area is 476 Å². The molecule has 0 saturated heterocycles. The zero-order chi connectivity index (χ0) is 58.0. The fourth-order valence-electron chi connectivity index (χ4n) is 10.2. The molecule has 0 spiro atoms. The lowest BCUT2D eigenvalue weighted by atomic mass is 10.0. The van der Waals surface area contributed by atoms with Crippen molar-refractivity contribution < 1.29 is 57.2 Å². The predicted molar refractivity (Wildman–Crippen MR) is 309 cm³/mol. The summed E-state index contributed by atoms with van der Waals surface area (Å²) in [7, 11) is 4.70. The van der Waals surface area contributed by atoms with Crippen LogP contribution in [0.1, 0.15) is 110 Å². The van der Waals surface area contributed by atoms with Crippen molar-refractivity contribution in [3.63, 3.8) is 0 Å². The van der Waals surface area contributed by atoms with E-state index in [1.807, 2.05) is 55.0 Å².